The molecule has 0 aromatic carbocycles. The van der Waals surface area contributed by atoms with Crippen LogP contribution in [-0.2, 0) is 0 Å². The van der Waals surface area contributed by atoms with Gasteiger partial charge in [0.15, 0.2) is 0 Å². The first kappa shape index (κ1) is 513. The Morgan fingerprint density at radius 3 is 0.500 bits per heavy atom. The van der Waals surface area contributed by atoms with E-state index in [2.05, 4.69) is 13.2 Å². The normalized spacial score (nSPS) is 0.667. The van der Waals surface area contributed by atoms with Crippen LogP contribution in [0, 0.1) is 0 Å². The minimum atomic E-state index is 0. The summed E-state index contributed by atoms with van der Waals surface area (Å²) in [7, 11) is 0. The van der Waals surface area contributed by atoms with E-state index in [1.807, 2.05) is 0 Å². The molecule has 0 fully saturated rings. The highest BCUT2D eigenvalue weighted by molar-refractivity contribution is 4.22. The van der Waals surface area contributed by atoms with Crippen molar-refractivity contribution < 1.29 is 18.8 Å². The molecule has 6 heavy (non-hydrogen) atoms. The van der Waals surface area contributed by atoms with E-state index in [0.717, 1.165) is 0 Å². The molecule has 0 unspecified atom stereocenters. The van der Waals surface area contributed by atoms with Gasteiger partial charge in [0.25, 0.3) is 0 Å². The van der Waals surface area contributed by atoms with Crippen molar-refractivity contribution in [2.45, 2.75) is 0 Å². The topological polar surface area (TPSA) is 0 Å². The summed E-state index contributed by atoms with van der Waals surface area (Å²) in [5.74, 6) is 0. The minimum absolute atomic E-state index is 0. The Hall–Kier alpha value is -0.540. The van der Waals surface area contributed by atoms with Crippen molar-refractivity contribution in [2.24, 2.45) is 0 Å². The molecule has 0 aliphatic heterocycles. The summed E-state index contributed by atoms with van der Waals surface area (Å²) in [6, 6.07) is 0. The van der Waals surface area contributed by atoms with Crippen molar-refractivity contribution in [3.8, 4) is 0 Å². The Labute approximate surface area is 33.3 Å². The average molecular weight is 104 g/mol. The van der Waals surface area contributed by atoms with Crippen LogP contribution in [0.5, 0.6) is 0 Å². The number of halogens is 4. The van der Waals surface area contributed by atoms with Crippen LogP contribution in [0.25, 0.3) is 0 Å². The maximum atomic E-state index is 3.00. The number of rotatable bonds is 0. The van der Waals surface area contributed by atoms with E-state index in [1.165, 1.54) is 0 Å². The Kier molecular flexibility index (Phi) is 15700. The zero-order valence-electron chi connectivity index (χ0n) is 2.93. The van der Waals surface area contributed by atoms with E-state index in [1.54, 1.807) is 0 Å². The van der Waals surface area contributed by atoms with Crippen molar-refractivity contribution in [1.82, 2.24) is 0 Å². The Balaban J connectivity index is -0.000000000833. The molecule has 0 saturated carbocycles. The molecular weight excluding hydrogens is 100 g/mol. The van der Waals surface area contributed by atoms with Gasteiger partial charge < -0.3 is 18.8 Å². The molecule has 0 saturated heterocycles. The van der Waals surface area contributed by atoms with E-state index >= 15 is 0 Å². The van der Waals surface area contributed by atoms with Gasteiger partial charge in [-0.3, -0.25) is 0 Å². The molecule has 0 spiro atoms. The molecule has 0 aromatic heterocycles. The summed E-state index contributed by atoms with van der Waals surface area (Å²) in [5, 5.41) is 0. The molecule has 0 heterocycles. The molecular formula is C2H4F4-4. The molecule has 44 valence electrons. The minimum Gasteiger partial charge on any atom is -1.00 e. The zero-order chi connectivity index (χ0) is 2.00. The molecule has 0 aliphatic carbocycles. The van der Waals surface area contributed by atoms with E-state index in [-0.39, 0.29) is 18.8 Å². The fourth-order valence-corrected chi connectivity index (χ4v) is 0. The van der Waals surface area contributed by atoms with E-state index in [4.69, 9.17) is 0 Å². The number of hydrogen-bond acceptors (Lipinski definition) is 0. The first-order valence-corrected chi connectivity index (χ1v) is 0.500. The lowest BCUT2D eigenvalue weighted by atomic mass is 11.3. The van der Waals surface area contributed by atoms with Crippen LogP contribution < -0.4 is 18.8 Å². The van der Waals surface area contributed by atoms with Gasteiger partial charge in [0, 0.05) is 0 Å². The standard InChI is InChI=1S/C2H4.4FH/c1-2;;;;/h1-2H2;4*1H/p-4. The summed E-state index contributed by atoms with van der Waals surface area (Å²) < 4.78 is 0. The number of hydrogen-bond donors (Lipinski definition) is 0. The van der Waals surface area contributed by atoms with Crippen LogP contribution in [0.2, 0.25) is 0 Å². The van der Waals surface area contributed by atoms with Crippen LogP contribution in [0.3, 0.4) is 0 Å². The lowest BCUT2D eigenvalue weighted by Crippen LogP contribution is -3.00. The smallest absolute Gasteiger partial charge is 0.106 e. The van der Waals surface area contributed by atoms with E-state index in [0.29, 0.717) is 0 Å². The van der Waals surface area contributed by atoms with Gasteiger partial charge in [-0.05, 0) is 0 Å². The SMILES string of the molecule is C=C.[F-].[F-].[F-].[F-]. The summed E-state index contributed by atoms with van der Waals surface area (Å²) in [4.78, 5) is 0. The van der Waals surface area contributed by atoms with Crippen LogP contribution in [-0.4, -0.2) is 0 Å². The lowest BCUT2D eigenvalue weighted by molar-refractivity contribution is -0.00100. The van der Waals surface area contributed by atoms with Gasteiger partial charge in [-0.25, -0.2) is 0 Å². The van der Waals surface area contributed by atoms with Gasteiger partial charge in [0.2, 0.25) is 0 Å². The summed E-state index contributed by atoms with van der Waals surface area (Å²) in [5.41, 5.74) is 0. The van der Waals surface area contributed by atoms with Gasteiger partial charge in [0.05, 0.1) is 0 Å². The molecule has 0 nitrogen and oxygen atoms in total. The second-order valence-electron chi connectivity index (χ2n) is 0. The predicted molar refractivity (Wildman–Crippen MR) is 11.3 cm³/mol. The van der Waals surface area contributed by atoms with Gasteiger partial charge in [-0.1, -0.05) is 0 Å². The van der Waals surface area contributed by atoms with E-state index < -0.39 is 0 Å². The fraction of sp³-hybridized carbons (Fsp3) is 0. The highest BCUT2D eigenvalue weighted by Gasteiger charge is 0.601. The maximum absolute atomic E-state index is 3.00. The first-order chi connectivity index (χ1) is 1.00. The molecule has 0 amide bonds. The third-order valence-corrected chi connectivity index (χ3v) is 0. The molecule has 0 N–H and O–H groups in total. The molecule has 0 aliphatic rings. The van der Waals surface area contributed by atoms with Crippen molar-refractivity contribution in [3.05, 3.63) is 13.2 Å². The highest BCUT2D eigenvalue weighted by Crippen LogP contribution is 0.862. The molecule has 0 radical (unpaired) electrons. The quantitative estimate of drug-likeness (QED) is 0.211. The molecule has 0 atom stereocenters. The van der Waals surface area contributed by atoms with Crippen molar-refractivity contribution in [1.29, 1.82) is 0 Å². The van der Waals surface area contributed by atoms with Gasteiger partial charge >= 0.3 is 0 Å². The highest BCUT2D eigenvalue weighted by atomic mass is 19.0. The zero-order valence-corrected chi connectivity index (χ0v) is 2.93. The second kappa shape index (κ2) is 183. The monoisotopic (exact) mass is 104 g/mol. The molecule has 0 aromatic rings. The van der Waals surface area contributed by atoms with Gasteiger partial charge in [-0.15, -0.1) is 13.2 Å². The largest absolute Gasteiger partial charge is 1.00 e. The lowest BCUT2D eigenvalue weighted by Gasteiger charge is -1.00. The molecule has 0 bridgehead atoms. The van der Waals surface area contributed by atoms with Crippen LogP contribution >= 0.6 is 0 Å². The third kappa shape index (κ3) is 71.8. The molecule has 0 rings (SSSR count). The predicted octanol–water partition coefficient (Wildman–Crippen LogP) is -11.2. The Morgan fingerprint density at radius 1 is 0.500 bits per heavy atom. The van der Waals surface area contributed by atoms with Crippen LogP contribution in [0.4, 0.5) is 0 Å². The van der Waals surface area contributed by atoms with Gasteiger partial charge in [-0.2, -0.15) is 0 Å². The van der Waals surface area contributed by atoms with Gasteiger partial charge in [0.1, 0.15) is 0 Å². The summed E-state index contributed by atoms with van der Waals surface area (Å²) in [6.07, 6.45) is 0. The van der Waals surface area contributed by atoms with Crippen molar-refractivity contribution in [2.75, 3.05) is 0 Å². The maximum Gasteiger partial charge on any atom is -0.106 e. The third-order valence-electron chi connectivity index (χ3n) is 0. The van der Waals surface area contributed by atoms with E-state index in [9.17, 15) is 0 Å². The fourth-order valence-electron chi connectivity index (χ4n) is 0. The second-order valence-corrected chi connectivity index (χ2v) is 0. The van der Waals surface area contributed by atoms with Crippen LogP contribution in [0.15, 0.2) is 13.2 Å². The average Bonchev–Trinajstić information content (AvgIpc) is 1.00. The summed E-state index contributed by atoms with van der Waals surface area (Å²) in [6.45, 7) is 6.00. The Morgan fingerprint density at radius 2 is 0.500 bits per heavy atom. The summed E-state index contributed by atoms with van der Waals surface area (Å²) >= 11 is 0. The Bertz CT molecular complexity index is 5.51. The van der Waals surface area contributed by atoms with Crippen molar-refractivity contribution >= 4 is 0 Å². The molecule has 4 heteroatoms. The first-order valence-electron chi connectivity index (χ1n) is 0.500. The van der Waals surface area contributed by atoms with Crippen molar-refractivity contribution in [3.63, 3.8) is 0 Å². The van der Waals surface area contributed by atoms with Crippen LogP contribution in [0.1, 0.15) is 0 Å².